The maximum atomic E-state index is 12.4. The molecule has 0 aliphatic heterocycles. The zero-order valence-electron chi connectivity index (χ0n) is 29.8. The molecule has 0 radical (unpaired) electrons. The summed E-state index contributed by atoms with van der Waals surface area (Å²) in [6.07, 6.45) is 38.0. The number of aliphatic hydroxyl groups is 3. The first-order chi connectivity index (χ1) is 21.6. The van der Waals surface area contributed by atoms with Gasteiger partial charge < -0.3 is 20.6 Å². The average Bonchev–Trinajstić information content (AvgIpc) is 3.03. The van der Waals surface area contributed by atoms with E-state index in [1.54, 1.807) is 0 Å². The summed E-state index contributed by atoms with van der Waals surface area (Å²) in [7, 11) is 0. The van der Waals surface area contributed by atoms with Crippen LogP contribution in [0.2, 0.25) is 0 Å². The quantitative estimate of drug-likeness (QED) is 0.0521. The average molecular weight is 626 g/mol. The van der Waals surface area contributed by atoms with Gasteiger partial charge in [-0.05, 0) is 12.8 Å². The van der Waals surface area contributed by atoms with Crippen LogP contribution in [-0.2, 0) is 4.79 Å². The van der Waals surface area contributed by atoms with Crippen molar-refractivity contribution >= 4 is 5.91 Å². The van der Waals surface area contributed by atoms with E-state index in [4.69, 9.17) is 0 Å². The van der Waals surface area contributed by atoms with Gasteiger partial charge in [0.1, 0.15) is 6.10 Å². The Morgan fingerprint density at radius 2 is 0.727 bits per heavy atom. The third kappa shape index (κ3) is 30.0. The molecule has 0 aliphatic carbocycles. The van der Waals surface area contributed by atoms with E-state index < -0.39 is 24.2 Å². The third-order valence-electron chi connectivity index (χ3n) is 9.48. The van der Waals surface area contributed by atoms with Gasteiger partial charge in [-0.3, -0.25) is 4.79 Å². The summed E-state index contributed by atoms with van der Waals surface area (Å²) in [4.78, 5) is 12.4. The van der Waals surface area contributed by atoms with Crippen molar-refractivity contribution in [2.45, 2.75) is 238 Å². The van der Waals surface area contributed by atoms with E-state index in [0.717, 1.165) is 32.1 Å². The summed E-state index contributed by atoms with van der Waals surface area (Å²) in [5.74, 6) is -0.468. The zero-order chi connectivity index (χ0) is 32.4. The minimum Gasteiger partial charge on any atom is -0.394 e. The second kappa shape index (κ2) is 35.2. The molecule has 0 aromatic heterocycles. The van der Waals surface area contributed by atoms with Gasteiger partial charge in [0, 0.05) is 0 Å². The van der Waals surface area contributed by atoms with Crippen molar-refractivity contribution in [2.24, 2.45) is 0 Å². The summed E-state index contributed by atoms with van der Waals surface area (Å²) in [5, 5.41) is 33.2. The molecule has 0 heterocycles. The van der Waals surface area contributed by atoms with Crippen LogP contribution in [0.1, 0.15) is 219 Å². The molecule has 0 saturated heterocycles. The van der Waals surface area contributed by atoms with Crippen LogP contribution in [0.25, 0.3) is 0 Å². The minimum absolute atomic E-state index is 0.308. The number of hydrogen-bond acceptors (Lipinski definition) is 4. The van der Waals surface area contributed by atoms with E-state index in [1.807, 2.05) is 0 Å². The Labute approximate surface area is 275 Å². The first-order valence-corrected chi connectivity index (χ1v) is 19.8. The van der Waals surface area contributed by atoms with Crippen molar-refractivity contribution in [2.75, 3.05) is 6.61 Å². The molecule has 0 bridgehead atoms. The highest BCUT2D eigenvalue weighted by atomic mass is 16.3. The summed E-state index contributed by atoms with van der Waals surface area (Å²) < 4.78 is 0. The van der Waals surface area contributed by atoms with Crippen molar-refractivity contribution in [1.29, 1.82) is 0 Å². The summed E-state index contributed by atoms with van der Waals surface area (Å²) in [6.45, 7) is 4.23. The van der Waals surface area contributed by atoms with Crippen LogP contribution in [0.3, 0.4) is 0 Å². The molecular weight excluding hydrogens is 546 g/mol. The monoisotopic (exact) mass is 626 g/mol. The largest absolute Gasteiger partial charge is 0.394 e. The Balaban J connectivity index is 3.62. The standard InChI is InChI=1S/C39H79NO4/c1-3-5-7-9-11-13-15-17-18-19-20-22-23-25-27-29-31-33-37(42)36(35-41)40-39(44)38(43)34-32-30-28-26-24-21-16-14-12-10-8-6-4-2/h36-38,41-43H,3-35H2,1-2H3,(H,40,44). The molecule has 4 N–H and O–H groups in total. The van der Waals surface area contributed by atoms with Gasteiger partial charge in [0.15, 0.2) is 0 Å². The van der Waals surface area contributed by atoms with E-state index in [1.165, 1.54) is 161 Å². The Morgan fingerprint density at radius 3 is 1.02 bits per heavy atom. The van der Waals surface area contributed by atoms with Gasteiger partial charge in [-0.1, -0.05) is 206 Å². The molecular formula is C39H79NO4. The molecule has 3 unspecified atom stereocenters. The second-order valence-corrected chi connectivity index (χ2v) is 13.9. The van der Waals surface area contributed by atoms with Gasteiger partial charge in [0.25, 0.3) is 0 Å². The SMILES string of the molecule is CCCCCCCCCCCCCCCCCCCC(O)C(CO)NC(=O)C(O)CCCCCCCCCCCCCCC. The lowest BCUT2D eigenvalue weighted by Gasteiger charge is -2.23. The van der Waals surface area contributed by atoms with Crippen LogP contribution in [0.15, 0.2) is 0 Å². The number of amides is 1. The number of unbranched alkanes of at least 4 members (excludes halogenated alkanes) is 28. The minimum atomic E-state index is -1.07. The molecule has 1 amide bonds. The fourth-order valence-electron chi connectivity index (χ4n) is 6.31. The maximum absolute atomic E-state index is 12.4. The van der Waals surface area contributed by atoms with Crippen LogP contribution in [0.4, 0.5) is 0 Å². The summed E-state index contributed by atoms with van der Waals surface area (Å²) in [6, 6.07) is -0.704. The summed E-state index contributed by atoms with van der Waals surface area (Å²) >= 11 is 0. The number of hydrogen-bond donors (Lipinski definition) is 4. The first kappa shape index (κ1) is 43.4. The molecule has 0 saturated carbocycles. The molecule has 5 heteroatoms. The Kier molecular flexibility index (Phi) is 34.7. The lowest BCUT2D eigenvalue weighted by atomic mass is 10.0. The van der Waals surface area contributed by atoms with Gasteiger partial charge in [-0.2, -0.15) is 0 Å². The Bertz CT molecular complexity index is 572. The molecule has 264 valence electrons. The first-order valence-electron chi connectivity index (χ1n) is 19.8. The Hall–Kier alpha value is -0.650. The molecule has 0 spiro atoms. The predicted molar refractivity (Wildman–Crippen MR) is 190 cm³/mol. The van der Waals surface area contributed by atoms with E-state index in [9.17, 15) is 20.1 Å². The number of nitrogens with one attached hydrogen (secondary N) is 1. The number of aliphatic hydroxyl groups excluding tert-OH is 3. The maximum Gasteiger partial charge on any atom is 0.249 e. The number of carbonyl (C=O) groups excluding carboxylic acids is 1. The molecule has 0 aliphatic rings. The van der Waals surface area contributed by atoms with E-state index in [-0.39, 0.29) is 6.61 Å². The fraction of sp³-hybridized carbons (Fsp3) is 0.974. The van der Waals surface area contributed by atoms with Crippen molar-refractivity contribution in [3.8, 4) is 0 Å². The fourth-order valence-corrected chi connectivity index (χ4v) is 6.31. The van der Waals surface area contributed by atoms with E-state index in [2.05, 4.69) is 19.2 Å². The van der Waals surface area contributed by atoms with Crippen molar-refractivity contribution < 1.29 is 20.1 Å². The second-order valence-electron chi connectivity index (χ2n) is 13.9. The van der Waals surface area contributed by atoms with Gasteiger partial charge in [-0.15, -0.1) is 0 Å². The zero-order valence-corrected chi connectivity index (χ0v) is 29.8. The normalized spacial score (nSPS) is 13.7. The van der Waals surface area contributed by atoms with Crippen molar-refractivity contribution in [3.63, 3.8) is 0 Å². The van der Waals surface area contributed by atoms with Crippen LogP contribution in [0, 0.1) is 0 Å². The van der Waals surface area contributed by atoms with E-state index >= 15 is 0 Å². The van der Waals surface area contributed by atoms with Gasteiger partial charge in [0.2, 0.25) is 5.91 Å². The van der Waals surface area contributed by atoms with Gasteiger partial charge in [-0.25, -0.2) is 0 Å². The number of carbonyl (C=O) groups is 1. The lowest BCUT2D eigenvalue weighted by molar-refractivity contribution is -0.131. The molecule has 5 nitrogen and oxygen atoms in total. The lowest BCUT2D eigenvalue weighted by Crippen LogP contribution is -2.49. The number of rotatable bonds is 36. The molecule has 0 rings (SSSR count). The van der Waals surface area contributed by atoms with Crippen molar-refractivity contribution in [1.82, 2.24) is 5.32 Å². The highest BCUT2D eigenvalue weighted by Gasteiger charge is 2.23. The van der Waals surface area contributed by atoms with E-state index in [0.29, 0.717) is 12.8 Å². The van der Waals surface area contributed by atoms with Crippen LogP contribution >= 0.6 is 0 Å². The van der Waals surface area contributed by atoms with Crippen LogP contribution in [0.5, 0.6) is 0 Å². The van der Waals surface area contributed by atoms with Crippen molar-refractivity contribution in [3.05, 3.63) is 0 Å². The Morgan fingerprint density at radius 1 is 0.455 bits per heavy atom. The molecule has 44 heavy (non-hydrogen) atoms. The van der Waals surface area contributed by atoms with Crippen LogP contribution in [-0.4, -0.2) is 46.1 Å². The summed E-state index contributed by atoms with van der Waals surface area (Å²) in [5.41, 5.74) is 0. The topological polar surface area (TPSA) is 89.8 Å². The van der Waals surface area contributed by atoms with Crippen LogP contribution < -0.4 is 5.32 Å². The molecule has 0 aromatic rings. The highest BCUT2D eigenvalue weighted by molar-refractivity contribution is 5.80. The third-order valence-corrected chi connectivity index (χ3v) is 9.48. The van der Waals surface area contributed by atoms with Gasteiger partial charge >= 0.3 is 0 Å². The molecule has 0 fully saturated rings. The predicted octanol–water partition coefficient (Wildman–Crippen LogP) is 10.7. The van der Waals surface area contributed by atoms with Gasteiger partial charge in [0.05, 0.1) is 18.8 Å². The smallest absolute Gasteiger partial charge is 0.249 e. The molecule has 0 aromatic carbocycles. The highest BCUT2D eigenvalue weighted by Crippen LogP contribution is 2.16. The molecule has 3 atom stereocenters.